The molecule has 0 aliphatic heterocycles. The average Bonchev–Trinajstić information content (AvgIpc) is 2.90. The second kappa shape index (κ2) is 5.81. The number of aromatic nitrogens is 4. The summed E-state index contributed by atoms with van der Waals surface area (Å²) in [5.41, 5.74) is 5.09. The zero-order valence-electron chi connectivity index (χ0n) is 12.2. The lowest BCUT2D eigenvalue weighted by Gasteiger charge is -2.04. The summed E-state index contributed by atoms with van der Waals surface area (Å²) in [6.45, 7) is 2.04. The summed E-state index contributed by atoms with van der Waals surface area (Å²) in [7, 11) is 2.92. The predicted molar refractivity (Wildman–Crippen MR) is 77.9 cm³/mol. The summed E-state index contributed by atoms with van der Waals surface area (Å²) >= 11 is 0. The number of aryl methyl sites for hydroxylation is 1. The summed E-state index contributed by atoms with van der Waals surface area (Å²) in [6.07, 6.45) is 3.79. The molecule has 0 amide bonds. The van der Waals surface area contributed by atoms with E-state index >= 15 is 0 Å². The first-order valence-electron chi connectivity index (χ1n) is 6.60. The second-order valence-corrected chi connectivity index (χ2v) is 4.72. The Labute approximate surface area is 120 Å². The van der Waals surface area contributed by atoms with Crippen molar-refractivity contribution in [1.29, 1.82) is 0 Å². The number of oxime groups is 1. The molecule has 2 heterocycles. The van der Waals surface area contributed by atoms with Gasteiger partial charge in [-0.15, -0.1) is 4.73 Å². The van der Waals surface area contributed by atoms with Crippen LogP contribution in [0.15, 0.2) is 21.1 Å². The molecule has 0 aliphatic carbocycles. The van der Waals surface area contributed by atoms with E-state index < -0.39 is 11.2 Å². The van der Waals surface area contributed by atoms with E-state index in [0.29, 0.717) is 12.3 Å². The van der Waals surface area contributed by atoms with Gasteiger partial charge in [-0.05, 0) is 11.6 Å². The largest absolute Gasteiger partial charge is 0.384 e. The fourth-order valence-corrected chi connectivity index (χ4v) is 1.88. The van der Waals surface area contributed by atoms with E-state index in [2.05, 4.69) is 10.1 Å². The lowest BCUT2D eigenvalue weighted by atomic mass is 10.2. The van der Waals surface area contributed by atoms with Crippen molar-refractivity contribution in [2.75, 3.05) is 0 Å². The molecule has 0 fully saturated rings. The quantitative estimate of drug-likeness (QED) is 0.446. The van der Waals surface area contributed by atoms with E-state index in [4.69, 9.17) is 10.7 Å². The van der Waals surface area contributed by atoms with Crippen LogP contribution >= 0.6 is 0 Å². The van der Waals surface area contributed by atoms with Crippen molar-refractivity contribution < 1.29 is 4.94 Å². The Morgan fingerprint density at radius 3 is 2.76 bits per heavy atom. The first kappa shape index (κ1) is 14.8. The zero-order valence-corrected chi connectivity index (χ0v) is 12.2. The highest BCUT2D eigenvalue weighted by Gasteiger charge is 2.15. The van der Waals surface area contributed by atoms with Crippen LogP contribution in [0.1, 0.15) is 26.2 Å². The van der Waals surface area contributed by atoms with Gasteiger partial charge in [0.25, 0.3) is 5.56 Å². The lowest BCUT2D eigenvalue weighted by molar-refractivity contribution is 0.126. The van der Waals surface area contributed by atoms with E-state index in [0.717, 1.165) is 22.1 Å². The van der Waals surface area contributed by atoms with Crippen LogP contribution in [0.25, 0.3) is 11.2 Å². The summed E-state index contributed by atoms with van der Waals surface area (Å²) in [4.78, 5) is 33.1. The molecule has 0 saturated carbocycles. The molecule has 0 spiro atoms. The number of rotatable bonds is 5. The Bertz CT molecular complexity index is 798. The number of hydrogen-bond acceptors (Lipinski definition) is 5. The van der Waals surface area contributed by atoms with E-state index in [1.165, 1.54) is 25.0 Å². The van der Waals surface area contributed by atoms with Gasteiger partial charge in [0.2, 0.25) is 0 Å². The van der Waals surface area contributed by atoms with Crippen LogP contribution in [0, 0.1) is 0 Å². The number of hydrogen-bond donors (Lipinski definition) is 1. The van der Waals surface area contributed by atoms with Crippen LogP contribution in [0.3, 0.4) is 0 Å². The number of imidazole rings is 1. The van der Waals surface area contributed by atoms with Crippen LogP contribution < -0.4 is 21.9 Å². The molecule has 0 aliphatic rings. The summed E-state index contributed by atoms with van der Waals surface area (Å²) in [6, 6.07) is 0. The van der Waals surface area contributed by atoms with Crippen LogP contribution in [-0.4, -0.2) is 24.7 Å². The molecule has 0 atom stereocenters. The number of unbranched alkanes of at least 4 members (excludes halogenated alkanes) is 1. The van der Waals surface area contributed by atoms with Gasteiger partial charge in [-0.2, -0.15) is 0 Å². The molecule has 0 saturated heterocycles. The molecule has 0 unspecified atom stereocenters. The number of amidine groups is 1. The molecule has 2 aromatic rings. The minimum atomic E-state index is -0.507. The lowest BCUT2D eigenvalue weighted by Crippen LogP contribution is -2.37. The topological polar surface area (TPSA) is 109 Å². The zero-order chi connectivity index (χ0) is 15.6. The van der Waals surface area contributed by atoms with Crippen molar-refractivity contribution in [3.8, 4) is 0 Å². The van der Waals surface area contributed by atoms with Crippen molar-refractivity contribution in [1.82, 2.24) is 18.8 Å². The van der Waals surface area contributed by atoms with Gasteiger partial charge in [0.1, 0.15) is 12.2 Å². The summed E-state index contributed by atoms with van der Waals surface area (Å²) in [5, 5.41) is 3.76. The van der Waals surface area contributed by atoms with E-state index in [-0.39, 0.29) is 11.2 Å². The van der Waals surface area contributed by atoms with Gasteiger partial charge < -0.3 is 5.73 Å². The molecule has 0 radical (unpaired) electrons. The van der Waals surface area contributed by atoms with Gasteiger partial charge in [0.15, 0.2) is 11.2 Å². The molecule has 2 aromatic heterocycles. The van der Waals surface area contributed by atoms with Crippen molar-refractivity contribution >= 4 is 17.0 Å². The molecular weight excluding hydrogens is 276 g/mol. The standard InChI is InChI=1S/C12H18N6O3/c1-4-5-6-8(13)15-21-18-7-14-10-9(18)11(19)17(3)12(20)16(10)2/h7H,4-6H2,1-3H3,(H2,13,15). The molecule has 9 nitrogen and oxygen atoms in total. The number of fused-ring (bicyclic) bond motifs is 1. The van der Waals surface area contributed by atoms with Crippen molar-refractivity contribution in [2.24, 2.45) is 25.0 Å². The van der Waals surface area contributed by atoms with Crippen LogP contribution in [-0.2, 0) is 14.1 Å². The third kappa shape index (κ3) is 2.67. The van der Waals surface area contributed by atoms with Gasteiger partial charge in [-0.1, -0.05) is 13.3 Å². The third-order valence-electron chi connectivity index (χ3n) is 3.15. The fourth-order valence-electron chi connectivity index (χ4n) is 1.88. The maximum atomic E-state index is 12.1. The van der Waals surface area contributed by atoms with Crippen molar-refractivity contribution in [3.05, 3.63) is 27.2 Å². The van der Waals surface area contributed by atoms with Crippen LogP contribution in [0.5, 0.6) is 0 Å². The van der Waals surface area contributed by atoms with Crippen molar-refractivity contribution in [3.63, 3.8) is 0 Å². The molecule has 0 aromatic carbocycles. The van der Waals surface area contributed by atoms with Gasteiger partial charge >= 0.3 is 5.69 Å². The Morgan fingerprint density at radius 1 is 1.38 bits per heavy atom. The smallest absolute Gasteiger partial charge is 0.332 e. The summed E-state index contributed by atoms with van der Waals surface area (Å²) in [5.74, 6) is 0.334. The highest BCUT2D eigenvalue weighted by molar-refractivity contribution is 5.79. The Kier molecular flexibility index (Phi) is 4.10. The van der Waals surface area contributed by atoms with Crippen LogP contribution in [0.2, 0.25) is 0 Å². The highest BCUT2D eigenvalue weighted by Crippen LogP contribution is 2.03. The number of nitrogens with zero attached hydrogens (tertiary/aromatic N) is 5. The number of nitrogens with two attached hydrogens (primary N) is 1. The average molecular weight is 294 g/mol. The molecule has 2 rings (SSSR count). The van der Waals surface area contributed by atoms with Crippen molar-refractivity contribution in [2.45, 2.75) is 26.2 Å². The first-order valence-corrected chi connectivity index (χ1v) is 6.60. The Morgan fingerprint density at radius 2 is 2.10 bits per heavy atom. The first-order chi connectivity index (χ1) is 9.97. The van der Waals surface area contributed by atoms with E-state index in [1.54, 1.807) is 0 Å². The molecule has 9 heteroatoms. The van der Waals surface area contributed by atoms with Gasteiger partial charge in [0, 0.05) is 20.5 Å². The van der Waals surface area contributed by atoms with Crippen LogP contribution in [0.4, 0.5) is 0 Å². The monoisotopic (exact) mass is 294 g/mol. The van der Waals surface area contributed by atoms with Gasteiger partial charge in [-0.3, -0.25) is 18.9 Å². The molecule has 0 bridgehead atoms. The minimum Gasteiger partial charge on any atom is -0.384 e. The fraction of sp³-hybridized carbons (Fsp3) is 0.500. The molecule has 2 N–H and O–H groups in total. The summed E-state index contributed by atoms with van der Waals surface area (Å²) < 4.78 is 3.35. The minimum absolute atomic E-state index is 0.131. The predicted octanol–water partition coefficient (Wildman–Crippen LogP) is -0.675. The third-order valence-corrected chi connectivity index (χ3v) is 3.15. The Hall–Kier alpha value is -2.58. The van der Waals surface area contributed by atoms with E-state index in [9.17, 15) is 9.59 Å². The normalized spacial score (nSPS) is 12.0. The molecule has 21 heavy (non-hydrogen) atoms. The maximum Gasteiger partial charge on any atom is 0.332 e. The van der Waals surface area contributed by atoms with E-state index in [1.807, 2.05) is 6.92 Å². The maximum absolute atomic E-state index is 12.1. The molecular formula is C12H18N6O3. The second-order valence-electron chi connectivity index (χ2n) is 4.72. The SMILES string of the molecule is CCCCC(N)=NOn1cnc2c1c(=O)n(C)c(=O)n2C. The van der Waals surface area contributed by atoms with Gasteiger partial charge in [0.05, 0.1) is 0 Å². The molecule has 114 valence electrons. The van der Waals surface area contributed by atoms with Gasteiger partial charge in [-0.25, -0.2) is 9.78 Å². The Balaban J connectivity index is 2.44. The highest BCUT2D eigenvalue weighted by atomic mass is 16.8.